The van der Waals surface area contributed by atoms with Crippen LogP contribution in [0.1, 0.15) is 132 Å². The molecule has 0 heterocycles. The minimum absolute atomic E-state index is 0.332. The van der Waals surface area contributed by atoms with Crippen LogP contribution in [0.2, 0.25) is 0 Å². The van der Waals surface area contributed by atoms with Crippen LogP contribution in [-0.2, 0) is 0 Å². The van der Waals surface area contributed by atoms with Crippen molar-refractivity contribution < 1.29 is 15.3 Å². The van der Waals surface area contributed by atoms with Crippen molar-refractivity contribution in [2.75, 3.05) is 7.05 Å². The van der Waals surface area contributed by atoms with Crippen LogP contribution < -0.4 is 5.73 Å². The summed E-state index contributed by atoms with van der Waals surface area (Å²) in [5, 5.41) is 30.9. The molecule has 0 aromatic heterocycles. The molecule has 2 rings (SSSR count). The van der Waals surface area contributed by atoms with Crippen molar-refractivity contribution in [3.63, 3.8) is 0 Å². The van der Waals surface area contributed by atoms with E-state index < -0.39 is 17.3 Å². The van der Waals surface area contributed by atoms with Crippen LogP contribution in [-0.4, -0.2) is 39.7 Å². The zero-order chi connectivity index (χ0) is 29.1. The van der Waals surface area contributed by atoms with Gasteiger partial charge >= 0.3 is 0 Å². The van der Waals surface area contributed by atoms with Crippen LogP contribution in [0.25, 0.3) is 0 Å². The predicted octanol–water partition coefficient (Wildman–Crippen LogP) is 7.87. The van der Waals surface area contributed by atoms with Crippen molar-refractivity contribution in [2.45, 2.75) is 149 Å². The number of allylic oxidation sites excluding steroid dienone is 3. The van der Waals surface area contributed by atoms with E-state index in [0.717, 1.165) is 37.7 Å². The molecular formula is C34H63NO3. The van der Waals surface area contributed by atoms with Crippen molar-refractivity contribution >= 4 is 0 Å². The van der Waals surface area contributed by atoms with Crippen molar-refractivity contribution in [1.29, 1.82) is 0 Å². The molecule has 5 N–H and O–H groups in total. The van der Waals surface area contributed by atoms with Gasteiger partial charge in [-0.05, 0) is 127 Å². The summed E-state index contributed by atoms with van der Waals surface area (Å²) in [6, 6.07) is 0. The molecule has 0 aliphatic heterocycles. The third-order valence-electron chi connectivity index (χ3n) is 9.41. The van der Waals surface area contributed by atoms with Crippen LogP contribution in [0.5, 0.6) is 0 Å². The minimum atomic E-state index is -0.598. The van der Waals surface area contributed by atoms with E-state index in [9.17, 15) is 15.3 Å². The van der Waals surface area contributed by atoms with Crippen molar-refractivity contribution in [2.24, 2.45) is 28.9 Å². The quantitative estimate of drug-likeness (QED) is 0.171. The van der Waals surface area contributed by atoms with Crippen molar-refractivity contribution in [3.8, 4) is 0 Å². The van der Waals surface area contributed by atoms with Crippen molar-refractivity contribution in [3.05, 3.63) is 35.5 Å². The standard InChI is InChI=1S/C33H58O3.CH5N/c1-9-25(24(3)30(34)10-2)17-18-27-16-13-23-33(8)28(19-20-29(27)33)26(14-11-21-31(4,5)35)15-12-22-32(6,7)36;1-2/h17-18,26,28-30,34-36H,3,9-16,19-23H2,1-2,4-8H3;2H2,1H3/b25-17-,27-18+;/t28?,29?,30-,33+;/m0./s1. The highest BCUT2D eigenvalue weighted by Gasteiger charge is 2.51. The van der Waals surface area contributed by atoms with Gasteiger partial charge in [-0.2, -0.15) is 0 Å². The molecule has 2 unspecified atom stereocenters. The zero-order valence-electron chi connectivity index (χ0n) is 26.3. The summed E-state index contributed by atoms with van der Waals surface area (Å²) in [5.41, 5.74) is 7.28. The van der Waals surface area contributed by atoms with E-state index in [1.807, 2.05) is 34.6 Å². The Hall–Kier alpha value is -0.940. The summed E-state index contributed by atoms with van der Waals surface area (Å²) in [6.45, 7) is 18.6. The van der Waals surface area contributed by atoms with Crippen LogP contribution in [0.3, 0.4) is 0 Å². The van der Waals surface area contributed by atoms with E-state index in [0.29, 0.717) is 29.6 Å². The third kappa shape index (κ3) is 10.6. The van der Waals surface area contributed by atoms with Gasteiger partial charge in [-0.3, -0.25) is 0 Å². The Morgan fingerprint density at radius 2 is 1.61 bits per heavy atom. The third-order valence-corrected chi connectivity index (χ3v) is 9.41. The molecule has 0 spiro atoms. The van der Waals surface area contributed by atoms with E-state index in [2.05, 4.69) is 38.3 Å². The van der Waals surface area contributed by atoms with E-state index >= 15 is 0 Å². The highest BCUT2D eigenvalue weighted by Crippen LogP contribution is 2.60. The van der Waals surface area contributed by atoms with Gasteiger partial charge in [0.05, 0.1) is 17.3 Å². The lowest BCUT2D eigenvalue weighted by Crippen LogP contribution is -2.37. The van der Waals surface area contributed by atoms with Crippen LogP contribution in [0, 0.1) is 23.2 Å². The maximum Gasteiger partial charge on any atom is 0.0784 e. The molecule has 0 saturated heterocycles. The second kappa shape index (κ2) is 15.7. The molecule has 38 heavy (non-hydrogen) atoms. The fraction of sp³-hybridized carbons (Fsp3) is 0.824. The second-order valence-corrected chi connectivity index (χ2v) is 13.5. The van der Waals surface area contributed by atoms with Gasteiger partial charge < -0.3 is 21.1 Å². The number of hydrogen-bond donors (Lipinski definition) is 4. The zero-order valence-corrected chi connectivity index (χ0v) is 26.3. The first-order valence-electron chi connectivity index (χ1n) is 15.5. The average molecular weight is 534 g/mol. The lowest BCUT2D eigenvalue weighted by Gasteiger charge is -2.45. The number of rotatable bonds is 14. The highest BCUT2D eigenvalue weighted by atomic mass is 16.3. The van der Waals surface area contributed by atoms with E-state index in [1.165, 1.54) is 57.6 Å². The van der Waals surface area contributed by atoms with Crippen molar-refractivity contribution in [1.82, 2.24) is 0 Å². The summed E-state index contributed by atoms with van der Waals surface area (Å²) < 4.78 is 0. The molecule has 0 bridgehead atoms. The molecule has 222 valence electrons. The second-order valence-electron chi connectivity index (χ2n) is 13.5. The normalized spacial score (nSPS) is 26.2. The Kier molecular flexibility index (Phi) is 14.5. The van der Waals surface area contributed by atoms with E-state index in [4.69, 9.17) is 0 Å². The molecule has 0 amide bonds. The Morgan fingerprint density at radius 1 is 1.05 bits per heavy atom. The molecule has 2 fully saturated rings. The number of hydrogen-bond acceptors (Lipinski definition) is 4. The summed E-state index contributed by atoms with van der Waals surface area (Å²) in [5.74, 6) is 2.01. The maximum absolute atomic E-state index is 10.3. The summed E-state index contributed by atoms with van der Waals surface area (Å²) >= 11 is 0. The van der Waals surface area contributed by atoms with Gasteiger partial charge in [-0.25, -0.2) is 0 Å². The van der Waals surface area contributed by atoms with Gasteiger partial charge in [0.2, 0.25) is 0 Å². The van der Waals surface area contributed by atoms with Gasteiger partial charge in [-0.1, -0.05) is 70.8 Å². The Bertz CT molecular complexity index is 750. The molecule has 4 atom stereocenters. The molecule has 2 aliphatic carbocycles. The largest absolute Gasteiger partial charge is 0.390 e. The van der Waals surface area contributed by atoms with Crippen LogP contribution in [0.4, 0.5) is 0 Å². The Labute approximate surface area is 235 Å². The SMILES string of the molecule is C=C(/C(=C\C=C1/CCC[C@@]2(C)C1CCC2C(CCCC(C)(C)O)CCCC(C)(C)O)CC)[C@@H](O)CC.CN. The maximum atomic E-state index is 10.3. The summed E-state index contributed by atoms with van der Waals surface area (Å²) in [7, 11) is 1.50. The monoisotopic (exact) mass is 533 g/mol. The van der Waals surface area contributed by atoms with Crippen LogP contribution >= 0.6 is 0 Å². The van der Waals surface area contributed by atoms with Gasteiger partial charge in [0.25, 0.3) is 0 Å². The lowest BCUT2D eigenvalue weighted by molar-refractivity contribution is 0.0480. The smallest absolute Gasteiger partial charge is 0.0784 e. The first-order chi connectivity index (χ1) is 17.7. The summed E-state index contributed by atoms with van der Waals surface area (Å²) in [4.78, 5) is 0. The molecule has 0 radical (unpaired) electrons. The number of aliphatic hydroxyl groups excluding tert-OH is 1. The molecular weight excluding hydrogens is 470 g/mol. The average Bonchev–Trinajstić information content (AvgIpc) is 3.20. The lowest BCUT2D eigenvalue weighted by atomic mass is 9.60. The minimum Gasteiger partial charge on any atom is -0.390 e. The van der Waals surface area contributed by atoms with Gasteiger partial charge in [-0.15, -0.1) is 0 Å². The fourth-order valence-electron chi connectivity index (χ4n) is 7.31. The molecule has 0 aromatic rings. The van der Waals surface area contributed by atoms with E-state index in [-0.39, 0.29) is 0 Å². The van der Waals surface area contributed by atoms with Crippen LogP contribution in [0.15, 0.2) is 35.5 Å². The highest BCUT2D eigenvalue weighted by molar-refractivity contribution is 5.36. The Balaban J connectivity index is 0.00000352. The molecule has 0 aromatic carbocycles. The Morgan fingerprint density at radius 3 is 2.08 bits per heavy atom. The molecule has 4 nitrogen and oxygen atoms in total. The molecule has 2 aliphatic rings. The number of fused-ring (bicyclic) bond motifs is 1. The molecule has 4 heteroatoms. The summed E-state index contributed by atoms with van der Waals surface area (Å²) in [6.07, 6.45) is 18.3. The molecule has 2 saturated carbocycles. The van der Waals surface area contributed by atoms with Gasteiger partial charge in [0.15, 0.2) is 0 Å². The van der Waals surface area contributed by atoms with Gasteiger partial charge in [0.1, 0.15) is 0 Å². The predicted molar refractivity (Wildman–Crippen MR) is 164 cm³/mol. The number of aliphatic hydroxyl groups is 3. The van der Waals surface area contributed by atoms with E-state index in [1.54, 1.807) is 5.57 Å². The first kappa shape index (κ1) is 35.1. The van der Waals surface area contributed by atoms with Gasteiger partial charge in [0, 0.05) is 0 Å². The fourth-order valence-corrected chi connectivity index (χ4v) is 7.31. The number of nitrogens with two attached hydrogens (primary N) is 1. The first-order valence-corrected chi connectivity index (χ1v) is 15.5. The topological polar surface area (TPSA) is 86.7 Å².